The fourth-order valence-corrected chi connectivity index (χ4v) is 3.09. The van der Waals surface area contributed by atoms with E-state index in [1.807, 2.05) is 11.9 Å². The summed E-state index contributed by atoms with van der Waals surface area (Å²) in [6.07, 6.45) is 6.41. The van der Waals surface area contributed by atoms with Crippen molar-refractivity contribution in [2.45, 2.75) is 19.3 Å². The molecule has 2 rings (SSSR count). The molecular weight excluding hydrogens is 168 g/mol. The minimum Gasteiger partial charge on any atom is -0.317 e. The van der Waals surface area contributed by atoms with Gasteiger partial charge in [0.15, 0.2) is 0 Å². The molecule has 0 bridgehead atoms. The van der Waals surface area contributed by atoms with Crippen LogP contribution in [0.5, 0.6) is 0 Å². The molecule has 2 aliphatic rings. The Hall–Kier alpha value is 0.270. The lowest BCUT2D eigenvalue weighted by atomic mass is 9.78. The maximum atomic E-state index is 3.44. The zero-order valence-electron chi connectivity index (χ0n) is 7.81. The molecule has 0 aromatic carbocycles. The summed E-state index contributed by atoms with van der Waals surface area (Å²) >= 11 is 1.91. The van der Waals surface area contributed by atoms with Gasteiger partial charge in [-0.15, -0.1) is 0 Å². The highest BCUT2D eigenvalue weighted by atomic mass is 32.2. The fourth-order valence-electron chi connectivity index (χ4n) is 2.42. The first kappa shape index (κ1) is 8.85. The highest BCUT2D eigenvalue weighted by molar-refractivity contribution is 7.96. The van der Waals surface area contributed by atoms with Crippen LogP contribution < -0.4 is 5.32 Å². The SMILES string of the molecule is CSN1CCC2(CCNCC2)C1. The van der Waals surface area contributed by atoms with Crippen LogP contribution in [0.2, 0.25) is 0 Å². The number of nitrogens with one attached hydrogen (secondary N) is 1. The van der Waals surface area contributed by atoms with Gasteiger partial charge in [0.1, 0.15) is 0 Å². The Bertz CT molecular complexity index is 155. The Morgan fingerprint density at radius 1 is 1.25 bits per heavy atom. The number of rotatable bonds is 1. The average molecular weight is 186 g/mol. The lowest BCUT2D eigenvalue weighted by Gasteiger charge is -2.33. The van der Waals surface area contributed by atoms with E-state index in [9.17, 15) is 0 Å². The van der Waals surface area contributed by atoms with E-state index in [0.717, 1.165) is 0 Å². The third-order valence-electron chi connectivity index (χ3n) is 3.33. The van der Waals surface area contributed by atoms with Gasteiger partial charge >= 0.3 is 0 Å². The van der Waals surface area contributed by atoms with Crippen molar-refractivity contribution in [1.29, 1.82) is 0 Å². The molecule has 0 aromatic rings. The van der Waals surface area contributed by atoms with Crippen LogP contribution in [0.4, 0.5) is 0 Å². The van der Waals surface area contributed by atoms with Gasteiger partial charge in [-0.25, -0.2) is 0 Å². The molecule has 70 valence electrons. The van der Waals surface area contributed by atoms with E-state index in [2.05, 4.69) is 15.9 Å². The van der Waals surface area contributed by atoms with Gasteiger partial charge in [0.05, 0.1) is 0 Å². The quantitative estimate of drug-likeness (QED) is 0.622. The smallest absolute Gasteiger partial charge is 0.0147 e. The molecule has 0 saturated carbocycles. The molecule has 0 amide bonds. The molecule has 2 saturated heterocycles. The van der Waals surface area contributed by atoms with E-state index < -0.39 is 0 Å². The van der Waals surface area contributed by atoms with Crippen molar-refractivity contribution in [1.82, 2.24) is 9.62 Å². The topological polar surface area (TPSA) is 15.3 Å². The Morgan fingerprint density at radius 3 is 2.58 bits per heavy atom. The highest BCUT2D eigenvalue weighted by Gasteiger charge is 2.38. The Labute approximate surface area is 79.2 Å². The Morgan fingerprint density at radius 2 is 2.00 bits per heavy atom. The van der Waals surface area contributed by atoms with Gasteiger partial charge in [0.25, 0.3) is 0 Å². The molecule has 0 atom stereocenters. The zero-order chi connectivity index (χ0) is 8.44. The third-order valence-corrected chi connectivity index (χ3v) is 4.15. The molecule has 2 aliphatic heterocycles. The maximum Gasteiger partial charge on any atom is 0.0147 e. The summed E-state index contributed by atoms with van der Waals surface area (Å²) in [7, 11) is 0. The molecule has 0 radical (unpaired) electrons. The first-order chi connectivity index (χ1) is 5.85. The summed E-state index contributed by atoms with van der Waals surface area (Å²) in [5.41, 5.74) is 0.689. The van der Waals surface area contributed by atoms with Crippen molar-refractivity contribution in [3.63, 3.8) is 0 Å². The van der Waals surface area contributed by atoms with Gasteiger partial charge in [-0.2, -0.15) is 0 Å². The van der Waals surface area contributed by atoms with Crippen molar-refractivity contribution in [2.24, 2.45) is 5.41 Å². The second-order valence-electron chi connectivity index (χ2n) is 4.05. The van der Waals surface area contributed by atoms with Crippen molar-refractivity contribution in [2.75, 3.05) is 32.4 Å². The van der Waals surface area contributed by atoms with Gasteiger partial charge in [-0.05, 0) is 44.0 Å². The van der Waals surface area contributed by atoms with Crippen LogP contribution in [0.25, 0.3) is 0 Å². The average Bonchev–Trinajstić information content (AvgIpc) is 2.50. The fraction of sp³-hybridized carbons (Fsp3) is 1.00. The molecule has 2 nitrogen and oxygen atoms in total. The van der Waals surface area contributed by atoms with Crippen molar-refractivity contribution < 1.29 is 0 Å². The van der Waals surface area contributed by atoms with E-state index in [0.29, 0.717) is 5.41 Å². The van der Waals surface area contributed by atoms with Gasteiger partial charge in [0, 0.05) is 13.1 Å². The predicted octanol–water partition coefficient (Wildman–Crippen LogP) is 1.34. The minimum absolute atomic E-state index is 0.689. The number of nitrogens with zero attached hydrogens (tertiary/aromatic N) is 1. The molecule has 2 fully saturated rings. The first-order valence-electron chi connectivity index (χ1n) is 4.84. The monoisotopic (exact) mass is 186 g/mol. The summed E-state index contributed by atoms with van der Waals surface area (Å²) in [6.45, 7) is 5.11. The predicted molar refractivity (Wildman–Crippen MR) is 54.2 cm³/mol. The largest absolute Gasteiger partial charge is 0.317 e. The third kappa shape index (κ3) is 1.63. The van der Waals surface area contributed by atoms with Crippen LogP contribution in [0.15, 0.2) is 0 Å². The van der Waals surface area contributed by atoms with Crippen LogP contribution in [-0.4, -0.2) is 36.7 Å². The molecule has 12 heavy (non-hydrogen) atoms. The maximum absolute atomic E-state index is 3.44. The van der Waals surface area contributed by atoms with E-state index in [1.165, 1.54) is 45.4 Å². The molecule has 1 spiro atoms. The van der Waals surface area contributed by atoms with Crippen LogP contribution in [0.3, 0.4) is 0 Å². The molecular formula is C9H18N2S. The lowest BCUT2D eigenvalue weighted by molar-refractivity contribution is 0.220. The molecule has 1 N–H and O–H groups in total. The van der Waals surface area contributed by atoms with E-state index in [-0.39, 0.29) is 0 Å². The summed E-state index contributed by atoms with van der Waals surface area (Å²) in [5.74, 6) is 0. The van der Waals surface area contributed by atoms with Crippen molar-refractivity contribution >= 4 is 11.9 Å². The zero-order valence-corrected chi connectivity index (χ0v) is 8.62. The molecule has 0 aliphatic carbocycles. The van der Waals surface area contributed by atoms with Gasteiger partial charge < -0.3 is 5.32 Å². The summed E-state index contributed by atoms with van der Waals surface area (Å²) in [6, 6.07) is 0. The van der Waals surface area contributed by atoms with Crippen molar-refractivity contribution in [3.8, 4) is 0 Å². The van der Waals surface area contributed by atoms with Gasteiger partial charge in [-0.3, -0.25) is 4.31 Å². The molecule has 3 heteroatoms. The summed E-state index contributed by atoms with van der Waals surface area (Å²) in [5, 5.41) is 3.44. The van der Waals surface area contributed by atoms with Crippen LogP contribution in [-0.2, 0) is 0 Å². The molecule has 0 unspecified atom stereocenters. The normalized spacial score (nSPS) is 29.8. The molecule has 2 heterocycles. The second kappa shape index (κ2) is 3.56. The van der Waals surface area contributed by atoms with Gasteiger partial charge in [0.2, 0.25) is 0 Å². The van der Waals surface area contributed by atoms with Crippen LogP contribution in [0, 0.1) is 5.41 Å². The van der Waals surface area contributed by atoms with E-state index >= 15 is 0 Å². The van der Waals surface area contributed by atoms with Crippen LogP contribution >= 0.6 is 11.9 Å². The highest BCUT2D eigenvalue weighted by Crippen LogP contribution is 2.40. The lowest BCUT2D eigenvalue weighted by Crippen LogP contribution is -2.37. The second-order valence-corrected chi connectivity index (χ2v) is 4.93. The minimum atomic E-state index is 0.689. The summed E-state index contributed by atoms with van der Waals surface area (Å²) in [4.78, 5) is 0. The number of hydrogen-bond acceptors (Lipinski definition) is 3. The summed E-state index contributed by atoms with van der Waals surface area (Å²) < 4.78 is 2.52. The van der Waals surface area contributed by atoms with Crippen molar-refractivity contribution in [3.05, 3.63) is 0 Å². The Balaban J connectivity index is 1.94. The van der Waals surface area contributed by atoms with Gasteiger partial charge in [-0.1, -0.05) is 11.9 Å². The number of hydrogen-bond donors (Lipinski definition) is 1. The van der Waals surface area contributed by atoms with E-state index in [4.69, 9.17) is 0 Å². The standard InChI is InChI=1S/C9H18N2S/c1-12-11-7-4-9(8-11)2-5-10-6-3-9/h10H,2-8H2,1H3. The first-order valence-corrected chi connectivity index (χ1v) is 6.03. The molecule has 0 aromatic heterocycles. The van der Waals surface area contributed by atoms with E-state index in [1.54, 1.807) is 0 Å². The number of piperidine rings is 1. The van der Waals surface area contributed by atoms with Crippen LogP contribution in [0.1, 0.15) is 19.3 Å². The Kier molecular flexibility index (Phi) is 2.63.